The fourth-order valence-corrected chi connectivity index (χ4v) is 3.32. The molecule has 4 rings (SSSR count). The molecule has 3 aromatic rings. The SMILES string of the molecule is Cc1cccn2c(NCC3CCCO3)c(-c3ccc(Cl)cc3)nc12. The standard InChI is InChI=1S/C19H20ClN3O/c1-13-4-2-10-23-18(13)22-17(14-6-8-15(20)9-7-14)19(23)21-12-16-5-3-11-24-16/h2,4,6-10,16,21H,3,5,11-12H2,1H3. The number of nitrogens with one attached hydrogen (secondary N) is 1. The van der Waals surface area contributed by atoms with Crippen molar-refractivity contribution in [2.24, 2.45) is 0 Å². The number of pyridine rings is 1. The Morgan fingerprint density at radius 2 is 2.12 bits per heavy atom. The molecule has 24 heavy (non-hydrogen) atoms. The van der Waals surface area contributed by atoms with Crippen LogP contribution in [0.1, 0.15) is 18.4 Å². The summed E-state index contributed by atoms with van der Waals surface area (Å²) in [6.07, 6.45) is 4.58. The van der Waals surface area contributed by atoms with Crippen molar-refractivity contribution >= 4 is 23.1 Å². The largest absolute Gasteiger partial charge is 0.376 e. The van der Waals surface area contributed by atoms with Crippen LogP contribution in [0.2, 0.25) is 5.02 Å². The number of anilines is 1. The first-order valence-corrected chi connectivity index (χ1v) is 8.69. The van der Waals surface area contributed by atoms with Gasteiger partial charge in [0.2, 0.25) is 0 Å². The molecule has 1 aliphatic heterocycles. The molecule has 2 aromatic heterocycles. The third kappa shape index (κ3) is 2.87. The number of hydrogen-bond donors (Lipinski definition) is 1. The molecule has 0 spiro atoms. The lowest BCUT2D eigenvalue weighted by Gasteiger charge is -2.13. The zero-order chi connectivity index (χ0) is 16.5. The van der Waals surface area contributed by atoms with Gasteiger partial charge in [-0.1, -0.05) is 29.8 Å². The summed E-state index contributed by atoms with van der Waals surface area (Å²) in [7, 11) is 0. The Morgan fingerprint density at radius 1 is 1.29 bits per heavy atom. The first-order chi connectivity index (χ1) is 11.7. The number of benzene rings is 1. The maximum atomic E-state index is 6.03. The molecule has 0 aliphatic carbocycles. The number of halogens is 1. The van der Waals surface area contributed by atoms with Gasteiger partial charge in [0, 0.05) is 29.9 Å². The van der Waals surface area contributed by atoms with Gasteiger partial charge < -0.3 is 10.1 Å². The van der Waals surface area contributed by atoms with Crippen molar-refractivity contribution in [2.45, 2.75) is 25.9 Å². The third-order valence-electron chi connectivity index (χ3n) is 4.48. The molecule has 0 amide bonds. The average Bonchev–Trinajstić information content (AvgIpc) is 3.22. The van der Waals surface area contributed by atoms with E-state index in [2.05, 4.69) is 22.7 Å². The normalized spacial score (nSPS) is 17.5. The van der Waals surface area contributed by atoms with Crippen molar-refractivity contribution < 1.29 is 4.74 Å². The highest BCUT2D eigenvalue weighted by atomic mass is 35.5. The zero-order valence-corrected chi connectivity index (χ0v) is 14.4. The Labute approximate surface area is 146 Å². The molecule has 1 aromatic carbocycles. The van der Waals surface area contributed by atoms with E-state index >= 15 is 0 Å². The maximum Gasteiger partial charge on any atom is 0.142 e. The molecule has 0 radical (unpaired) electrons. The van der Waals surface area contributed by atoms with Gasteiger partial charge in [0.1, 0.15) is 17.2 Å². The van der Waals surface area contributed by atoms with E-state index in [1.54, 1.807) is 0 Å². The van der Waals surface area contributed by atoms with E-state index in [4.69, 9.17) is 21.3 Å². The maximum absolute atomic E-state index is 6.03. The molecular weight excluding hydrogens is 322 g/mol. The lowest BCUT2D eigenvalue weighted by atomic mass is 10.1. The lowest BCUT2D eigenvalue weighted by Crippen LogP contribution is -2.19. The number of aromatic nitrogens is 2. The first-order valence-electron chi connectivity index (χ1n) is 8.31. The first kappa shape index (κ1) is 15.5. The minimum atomic E-state index is 0.276. The second-order valence-corrected chi connectivity index (χ2v) is 6.65. The smallest absolute Gasteiger partial charge is 0.142 e. The van der Waals surface area contributed by atoms with Crippen LogP contribution in [0.3, 0.4) is 0 Å². The van der Waals surface area contributed by atoms with E-state index in [1.807, 2.05) is 36.5 Å². The number of aryl methyl sites for hydroxylation is 1. The molecule has 124 valence electrons. The lowest BCUT2D eigenvalue weighted by molar-refractivity contribution is 0.120. The summed E-state index contributed by atoms with van der Waals surface area (Å²) in [4.78, 5) is 4.87. The van der Waals surface area contributed by atoms with Crippen LogP contribution in [0.5, 0.6) is 0 Å². The van der Waals surface area contributed by atoms with Crippen molar-refractivity contribution in [1.82, 2.24) is 9.38 Å². The summed E-state index contributed by atoms with van der Waals surface area (Å²) in [5.41, 5.74) is 4.12. The van der Waals surface area contributed by atoms with Gasteiger partial charge in [-0.25, -0.2) is 4.98 Å². The molecule has 5 heteroatoms. The highest BCUT2D eigenvalue weighted by Gasteiger charge is 2.19. The Balaban J connectivity index is 1.77. The number of fused-ring (bicyclic) bond motifs is 1. The number of ether oxygens (including phenoxy) is 1. The van der Waals surface area contributed by atoms with Crippen LogP contribution in [-0.4, -0.2) is 28.6 Å². The predicted molar refractivity (Wildman–Crippen MR) is 97.8 cm³/mol. The fourth-order valence-electron chi connectivity index (χ4n) is 3.20. The Hall–Kier alpha value is -2.04. The van der Waals surface area contributed by atoms with Crippen LogP contribution in [0.25, 0.3) is 16.9 Å². The molecule has 1 unspecified atom stereocenters. The summed E-state index contributed by atoms with van der Waals surface area (Å²) in [5.74, 6) is 1.01. The van der Waals surface area contributed by atoms with Crippen molar-refractivity contribution in [3.05, 3.63) is 53.2 Å². The van der Waals surface area contributed by atoms with E-state index in [9.17, 15) is 0 Å². The van der Waals surface area contributed by atoms with Crippen molar-refractivity contribution in [2.75, 3.05) is 18.5 Å². The summed E-state index contributed by atoms with van der Waals surface area (Å²) in [5, 5.41) is 4.29. The molecule has 1 fully saturated rings. The molecule has 3 heterocycles. The average molecular weight is 342 g/mol. The second kappa shape index (κ2) is 6.46. The van der Waals surface area contributed by atoms with Crippen LogP contribution in [0.15, 0.2) is 42.6 Å². The van der Waals surface area contributed by atoms with Crippen molar-refractivity contribution in [3.8, 4) is 11.3 Å². The monoisotopic (exact) mass is 341 g/mol. The molecular formula is C19H20ClN3O. The Bertz CT molecular complexity index is 851. The van der Waals surface area contributed by atoms with Crippen LogP contribution >= 0.6 is 11.6 Å². The van der Waals surface area contributed by atoms with Crippen LogP contribution in [-0.2, 0) is 4.74 Å². The van der Waals surface area contributed by atoms with E-state index in [-0.39, 0.29) is 6.10 Å². The molecule has 1 atom stereocenters. The minimum absolute atomic E-state index is 0.276. The van der Waals surface area contributed by atoms with Crippen LogP contribution in [0.4, 0.5) is 5.82 Å². The highest BCUT2D eigenvalue weighted by Crippen LogP contribution is 2.31. The van der Waals surface area contributed by atoms with Gasteiger partial charge in [-0.15, -0.1) is 0 Å². The van der Waals surface area contributed by atoms with E-state index in [0.717, 1.165) is 59.3 Å². The van der Waals surface area contributed by atoms with E-state index < -0.39 is 0 Å². The van der Waals surface area contributed by atoms with E-state index in [1.165, 1.54) is 0 Å². The molecule has 1 N–H and O–H groups in total. The van der Waals surface area contributed by atoms with Crippen molar-refractivity contribution in [3.63, 3.8) is 0 Å². The molecule has 1 aliphatic rings. The Kier molecular flexibility index (Phi) is 4.17. The number of hydrogen-bond acceptors (Lipinski definition) is 3. The number of nitrogens with zero attached hydrogens (tertiary/aromatic N) is 2. The van der Waals surface area contributed by atoms with Gasteiger partial charge in [0.05, 0.1) is 6.10 Å². The number of imidazole rings is 1. The van der Waals surface area contributed by atoms with Crippen LogP contribution in [0, 0.1) is 6.92 Å². The Morgan fingerprint density at radius 3 is 2.88 bits per heavy atom. The van der Waals surface area contributed by atoms with Crippen LogP contribution < -0.4 is 5.32 Å². The molecule has 4 nitrogen and oxygen atoms in total. The van der Waals surface area contributed by atoms with Gasteiger partial charge in [-0.05, 0) is 43.5 Å². The summed E-state index contributed by atoms with van der Waals surface area (Å²) >= 11 is 6.03. The highest BCUT2D eigenvalue weighted by molar-refractivity contribution is 6.30. The fraction of sp³-hybridized carbons (Fsp3) is 0.316. The predicted octanol–water partition coefficient (Wildman–Crippen LogP) is 4.55. The van der Waals surface area contributed by atoms with Gasteiger partial charge in [-0.2, -0.15) is 0 Å². The summed E-state index contributed by atoms with van der Waals surface area (Å²) < 4.78 is 7.86. The quantitative estimate of drug-likeness (QED) is 0.756. The summed E-state index contributed by atoms with van der Waals surface area (Å²) in [6, 6.07) is 12.0. The second-order valence-electron chi connectivity index (χ2n) is 6.22. The number of rotatable bonds is 4. The van der Waals surface area contributed by atoms with Gasteiger partial charge in [0.25, 0.3) is 0 Å². The topological polar surface area (TPSA) is 38.6 Å². The van der Waals surface area contributed by atoms with E-state index in [0.29, 0.717) is 0 Å². The minimum Gasteiger partial charge on any atom is -0.376 e. The van der Waals surface area contributed by atoms with Gasteiger partial charge in [0.15, 0.2) is 0 Å². The summed E-state index contributed by atoms with van der Waals surface area (Å²) in [6.45, 7) is 3.74. The van der Waals surface area contributed by atoms with Gasteiger partial charge in [-0.3, -0.25) is 4.40 Å². The third-order valence-corrected chi connectivity index (χ3v) is 4.74. The van der Waals surface area contributed by atoms with Gasteiger partial charge >= 0.3 is 0 Å². The molecule has 0 bridgehead atoms. The zero-order valence-electron chi connectivity index (χ0n) is 13.6. The molecule has 1 saturated heterocycles. The molecule has 0 saturated carbocycles. The van der Waals surface area contributed by atoms with Crippen molar-refractivity contribution in [1.29, 1.82) is 0 Å².